The number of amides is 1. The fraction of sp³-hybridized carbons (Fsp3) is 0.133. The second-order valence-electron chi connectivity index (χ2n) is 4.41. The Kier molecular flexibility index (Phi) is 4.25. The Morgan fingerprint density at radius 3 is 2.60 bits per heavy atom. The third-order valence-electron chi connectivity index (χ3n) is 2.80. The predicted molar refractivity (Wildman–Crippen MR) is 80.1 cm³/mol. The molecule has 0 spiro atoms. The first-order chi connectivity index (χ1) is 9.49. The van der Waals surface area contributed by atoms with E-state index in [0.29, 0.717) is 22.0 Å². The van der Waals surface area contributed by atoms with Crippen LogP contribution in [0.4, 0.5) is 15.8 Å². The van der Waals surface area contributed by atoms with Crippen LogP contribution in [-0.2, 0) is 0 Å². The van der Waals surface area contributed by atoms with E-state index in [9.17, 15) is 9.18 Å². The maximum atomic E-state index is 13.3. The Labute approximate surface area is 121 Å². The number of rotatable bonds is 3. The second kappa shape index (κ2) is 5.92. The van der Waals surface area contributed by atoms with E-state index in [1.807, 2.05) is 0 Å². The van der Waals surface area contributed by atoms with Crippen LogP contribution in [0.1, 0.15) is 15.9 Å². The van der Waals surface area contributed by atoms with Gasteiger partial charge in [0.25, 0.3) is 5.91 Å². The lowest BCUT2D eigenvalue weighted by Crippen LogP contribution is -2.14. The van der Waals surface area contributed by atoms with Gasteiger partial charge in [-0.2, -0.15) is 0 Å². The maximum Gasteiger partial charge on any atom is 0.257 e. The van der Waals surface area contributed by atoms with Crippen LogP contribution < -0.4 is 10.6 Å². The number of halogens is 2. The van der Waals surface area contributed by atoms with Gasteiger partial charge in [-0.05, 0) is 48.9 Å². The first-order valence-electron chi connectivity index (χ1n) is 6.05. The molecule has 0 aliphatic rings. The van der Waals surface area contributed by atoms with Gasteiger partial charge in [0.15, 0.2) is 0 Å². The molecule has 20 heavy (non-hydrogen) atoms. The lowest BCUT2D eigenvalue weighted by molar-refractivity contribution is 0.102. The quantitative estimate of drug-likeness (QED) is 0.895. The summed E-state index contributed by atoms with van der Waals surface area (Å²) < 4.78 is 13.3. The van der Waals surface area contributed by atoms with E-state index in [-0.39, 0.29) is 11.7 Å². The molecule has 2 N–H and O–H groups in total. The summed E-state index contributed by atoms with van der Waals surface area (Å²) in [6.45, 7) is 1.76. The molecule has 2 rings (SSSR count). The van der Waals surface area contributed by atoms with Gasteiger partial charge in [0.05, 0.1) is 5.56 Å². The van der Waals surface area contributed by atoms with Crippen LogP contribution in [0.2, 0.25) is 5.02 Å². The third kappa shape index (κ3) is 3.27. The average molecular weight is 293 g/mol. The first-order valence-corrected chi connectivity index (χ1v) is 6.43. The number of carbonyl (C=O) groups excluding carboxylic acids is 1. The van der Waals surface area contributed by atoms with Crippen molar-refractivity contribution in [3.05, 3.63) is 58.4 Å². The van der Waals surface area contributed by atoms with Gasteiger partial charge in [-0.1, -0.05) is 11.6 Å². The van der Waals surface area contributed by atoms with Crippen molar-refractivity contribution >= 4 is 28.9 Å². The Balaban J connectivity index is 2.30. The minimum atomic E-state index is -0.389. The van der Waals surface area contributed by atoms with Gasteiger partial charge in [0, 0.05) is 23.4 Å². The van der Waals surface area contributed by atoms with E-state index in [4.69, 9.17) is 11.6 Å². The zero-order chi connectivity index (χ0) is 14.7. The van der Waals surface area contributed by atoms with Crippen LogP contribution in [0.25, 0.3) is 0 Å². The van der Waals surface area contributed by atoms with E-state index < -0.39 is 0 Å². The fourth-order valence-electron chi connectivity index (χ4n) is 1.93. The van der Waals surface area contributed by atoms with Gasteiger partial charge in [0.1, 0.15) is 5.82 Å². The van der Waals surface area contributed by atoms with E-state index in [2.05, 4.69) is 10.6 Å². The Bertz CT molecular complexity index is 638. The van der Waals surface area contributed by atoms with Crippen molar-refractivity contribution in [1.29, 1.82) is 0 Å². The standard InChI is InChI=1S/C15H14ClFN2O/c1-9-5-11(17)8-12(6-9)19-15(20)13-7-10(16)3-4-14(13)18-2/h3-8,18H,1-2H3,(H,19,20). The van der Waals surface area contributed by atoms with E-state index in [1.54, 1.807) is 38.2 Å². The van der Waals surface area contributed by atoms with Crippen LogP contribution in [0, 0.1) is 12.7 Å². The maximum absolute atomic E-state index is 13.3. The number of benzene rings is 2. The van der Waals surface area contributed by atoms with Crippen molar-refractivity contribution in [2.75, 3.05) is 17.7 Å². The molecule has 0 radical (unpaired) electrons. The summed E-state index contributed by atoms with van der Waals surface area (Å²) in [5.74, 6) is -0.734. The molecule has 0 aromatic heterocycles. The zero-order valence-corrected chi connectivity index (χ0v) is 11.9. The molecule has 0 heterocycles. The fourth-order valence-corrected chi connectivity index (χ4v) is 2.10. The average Bonchev–Trinajstić information content (AvgIpc) is 2.37. The molecule has 0 fully saturated rings. The van der Waals surface area contributed by atoms with Crippen molar-refractivity contribution in [3.63, 3.8) is 0 Å². The van der Waals surface area contributed by atoms with Crippen LogP contribution in [0.3, 0.4) is 0 Å². The highest BCUT2D eigenvalue weighted by Gasteiger charge is 2.12. The lowest BCUT2D eigenvalue weighted by atomic mass is 10.1. The molecular formula is C15H14ClFN2O. The SMILES string of the molecule is CNc1ccc(Cl)cc1C(=O)Nc1cc(C)cc(F)c1. The molecule has 0 saturated heterocycles. The molecule has 2 aromatic carbocycles. The number of hydrogen-bond acceptors (Lipinski definition) is 2. The topological polar surface area (TPSA) is 41.1 Å². The summed E-state index contributed by atoms with van der Waals surface area (Å²) >= 11 is 5.90. The summed E-state index contributed by atoms with van der Waals surface area (Å²) in [4.78, 5) is 12.2. The van der Waals surface area contributed by atoms with Crippen molar-refractivity contribution in [1.82, 2.24) is 0 Å². The molecular weight excluding hydrogens is 279 g/mol. The highest BCUT2D eigenvalue weighted by molar-refractivity contribution is 6.31. The Morgan fingerprint density at radius 1 is 1.20 bits per heavy atom. The minimum absolute atomic E-state index is 0.346. The van der Waals surface area contributed by atoms with Crippen molar-refractivity contribution in [2.45, 2.75) is 6.92 Å². The smallest absolute Gasteiger partial charge is 0.257 e. The third-order valence-corrected chi connectivity index (χ3v) is 3.03. The highest BCUT2D eigenvalue weighted by Crippen LogP contribution is 2.22. The molecule has 1 amide bonds. The zero-order valence-electron chi connectivity index (χ0n) is 11.1. The Hall–Kier alpha value is -2.07. The highest BCUT2D eigenvalue weighted by atomic mass is 35.5. The number of aryl methyl sites for hydroxylation is 1. The molecule has 0 unspecified atom stereocenters. The molecule has 0 atom stereocenters. The monoisotopic (exact) mass is 292 g/mol. The van der Waals surface area contributed by atoms with Crippen LogP contribution in [-0.4, -0.2) is 13.0 Å². The molecule has 2 aromatic rings. The number of anilines is 2. The largest absolute Gasteiger partial charge is 0.387 e. The number of hydrogen-bond donors (Lipinski definition) is 2. The molecule has 0 saturated carbocycles. The molecule has 5 heteroatoms. The van der Waals surface area contributed by atoms with E-state index in [1.165, 1.54) is 12.1 Å². The normalized spacial score (nSPS) is 10.2. The number of carbonyl (C=O) groups is 1. The molecule has 104 valence electrons. The predicted octanol–water partition coefficient (Wildman–Crippen LogP) is 4.08. The van der Waals surface area contributed by atoms with E-state index >= 15 is 0 Å². The van der Waals surface area contributed by atoms with Crippen LogP contribution in [0.15, 0.2) is 36.4 Å². The van der Waals surface area contributed by atoms with Gasteiger partial charge in [-0.3, -0.25) is 4.79 Å². The van der Waals surface area contributed by atoms with Gasteiger partial charge >= 0.3 is 0 Å². The molecule has 0 bridgehead atoms. The minimum Gasteiger partial charge on any atom is -0.387 e. The summed E-state index contributed by atoms with van der Waals surface area (Å²) in [6.07, 6.45) is 0. The number of nitrogens with one attached hydrogen (secondary N) is 2. The van der Waals surface area contributed by atoms with E-state index in [0.717, 1.165) is 5.56 Å². The lowest BCUT2D eigenvalue weighted by Gasteiger charge is -2.11. The summed E-state index contributed by atoms with van der Waals surface area (Å²) in [5.41, 5.74) is 2.21. The van der Waals surface area contributed by atoms with Crippen molar-refractivity contribution < 1.29 is 9.18 Å². The summed E-state index contributed by atoms with van der Waals surface area (Å²) in [6, 6.07) is 9.34. The van der Waals surface area contributed by atoms with Gasteiger partial charge < -0.3 is 10.6 Å². The van der Waals surface area contributed by atoms with Gasteiger partial charge in [0.2, 0.25) is 0 Å². The summed E-state index contributed by atoms with van der Waals surface area (Å²) in [5, 5.41) is 6.05. The molecule has 0 aliphatic heterocycles. The molecule has 0 aliphatic carbocycles. The Morgan fingerprint density at radius 2 is 1.95 bits per heavy atom. The second-order valence-corrected chi connectivity index (χ2v) is 4.85. The van der Waals surface area contributed by atoms with Crippen molar-refractivity contribution in [2.24, 2.45) is 0 Å². The van der Waals surface area contributed by atoms with Gasteiger partial charge in [-0.15, -0.1) is 0 Å². The van der Waals surface area contributed by atoms with Gasteiger partial charge in [-0.25, -0.2) is 4.39 Å². The first kappa shape index (κ1) is 14.3. The van der Waals surface area contributed by atoms with Crippen LogP contribution >= 0.6 is 11.6 Å². The van der Waals surface area contributed by atoms with Crippen LogP contribution in [0.5, 0.6) is 0 Å². The van der Waals surface area contributed by atoms with Crippen molar-refractivity contribution in [3.8, 4) is 0 Å². The molecule has 3 nitrogen and oxygen atoms in total. The summed E-state index contributed by atoms with van der Waals surface area (Å²) in [7, 11) is 1.71.